The fraction of sp³-hybridized carbons (Fsp3) is 0.800. The summed E-state index contributed by atoms with van der Waals surface area (Å²) in [5, 5.41) is 5.01. The van der Waals surface area contributed by atoms with Gasteiger partial charge in [-0.3, -0.25) is 0 Å². The van der Waals surface area contributed by atoms with Gasteiger partial charge in [0.25, 0.3) is 0 Å². The highest BCUT2D eigenvalue weighted by atomic mass is 32.1. The number of hydrogen-bond donors (Lipinski definition) is 1. The maximum atomic E-state index is 4.71. The first-order valence-corrected chi connectivity index (χ1v) is 8.09. The van der Waals surface area contributed by atoms with E-state index in [0.717, 1.165) is 24.8 Å². The summed E-state index contributed by atoms with van der Waals surface area (Å²) in [4.78, 5) is 6.08. The monoisotopic (exact) mass is 266 g/mol. The minimum atomic E-state index is 0.623. The third-order valence-corrected chi connectivity index (χ3v) is 5.47. The van der Waals surface area contributed by atoms with Gasteiger partial charge in [0.1, 0.15) is 0 Å². The molecule has 1 aromatic heterocycles. The number of likely N-dealkylation sites (N-methyl/N-ethyl adjacent to an activating group) is 1. The largest absolute Gasteiger partial charge is 0.314 e. The van der Waals surface area contributed by atoms with Gasteiger partial charge in [-0.05, 0) is 38.6 Å². The van der Waals surface area contributed by atoms with Crippen LogP contribution < -0.4 is 5.32 Å². The van der Waals surface area contributed by atoms with Crippen LogP contribution in [0.4, 0.5) is 0 Å². The summed E-state index contributed by atoms with van der Waals surface area (Å²) in [6.07, 6.45) is 5.32. The van der Waals surface area contributed by atoms with Gasteiger partial charge in [-0.2, -0.15) is 0 Å². The van der Waals surface area contributed by atoms with Crippen molar-refractivity contribution in [2.75, 3.05) is 6.54 Å². The Labute approximate surface area is 115 Å². The second-order valence-electron chi connectivity index (χ2n) is 5.69. The Kier molecular flexibility index (Phi) is 4.79. The molecule has 0 saturated heterocycles. The van der Waals surface area contributed by atoms with E-state index in [4.69, 9.17) is 4.98 Å². The van der Waals surface area contributed by atoms with E-state index in [1.165, 1.54) is 34.8 Å². The van der Waals surface area contributed by atoms with E-state index in [1.54, 1.807) is 0 Å². The maximum Gasteiger partial charge on any atom is 0.0946 e. The first kappa shape index (κ1) is 14.0. The third kappa shape index (κ3) is 3.12. The molecule has 1 aliphatic carbocycles. The predicted molar refractivity (Wildman–Crippen MR) is 79.3 cm³/mol. The van der Waals surface area contributed by atoms with E-state index < -0.39 is 0 Å². The van der Waals surface area contributed by atoms with Crippen molar-refractivity contribution in [2.24, 2.45) is 11.8 Å². The molecule has 0 amide bonds. The molecule has 0 spiro atoms. The van der Waals surface area contributed by atoms with E-state index in [1.807, 2.05) is 11.3 Å². The highest BCUT2D eigenvalue weighted by molar-refractivity contribution is 7.11. The molecule has 2 rings (SSSR count). The number of nitrogens with zero attached hydrogens (tertiary/aromatic N) is 1. The number of aryl methyl sites for hydroxylation is 2. The molecule has 0 aromatic carbocycles. The zero-order valence-electron chi connectivity index (χ0n) is 12.1. The van der Waals surface area contributed by atoms with Crippen LogP contribution in [0.15, 0.2) is 0 Å². The highest BCUT2D eigenvalue weighted by Crippen LogP contribution is 2.35. The standard InChI is InChI=1S/C15H26N2S/c1-5-16-14(13-8-6-7-10(13)2)9-15-17-11(3)12(4)18-15/h10,13-14,16H,5-9H2,1-4H3. The van der Waals surface area contributed by atoms with Crippen molar-refractivity contribution in [1.29, 1.82) is 0 Å². The Morgan fingerprint density at radius 2 is 2.17 bits per heavy atom. The van der Waals surface area contributed by atoms with Gasteiger partial charge in [-0.1, -0.05) is 26.7 Å². The molecule has 2 nitrogen and oxygen atoms in total. The zero-order valence-corrected chi connectivity index (χ0v) is 12.9. The van der Waals surface area contributed by atoms with E-state index >= 15 is 0 Å². The molecular weight excluding hydrogens is 240 g/mol. The lowest BCUT2D eigenvalue weighted by Crippen LogP contribution is -2.39. The van der Waals surface area contributed by atoms with Gasteiger partial charge in [0.2, 0.25) is 0 Å². The Morgan fingerprint density at radius 1 is 1.39 bits per heavy atom. The Bertz CT molecular complexity index is 366. The zero-order chi connectivity index (χ0) is 13.1. The summed E-state index contributed by atoms with van der Waals surface area (Å²) >= 11 is 1.88. The lowest BCUT2D eigenvalue weighted by Gasteiger charge is -2.27. The molecule has 3 unspecified atom stereocenters. The van der Waals surface area contributed by atoms with Crippen LogP contribution in [0.2, 0.25) is 0 Å². The van der Waals surface area contributed by atoms with Crippen LogP contribution >= 0.6 is 11.3 Å². The number of aromatic nitrogens is 1. The quantitative estimate of drug-likeness (QED) is 0.878. The second kappa shape index (κ2) is 6.16. The first-order valence-electron chi connectivity index (χ1n) is 7.28. The van der Waals surface area contributed by atoms with Crippen LogP contribution in [0.1, 0.15) is 48.7 Å². The molecule has 18 heavy (non-hydrogen) atoms. The third-order valence-electron chi connectivity index (χ3n) is 4.38. The minimum absolute atomic E-state index is 0.623. The summed E-state index contributed by atoms with van der Waals surface area (Å²) in [6, 6.07) is 0.623. The molecule has 102 valence electrons. The van der Waals surface area contributed by atoms with Crippen molar-refractivity contribution in [3.05, 3.63) is 15.6 Å². The molecule has 0 aliphatic heterocycles. The van der Waals surface area contributed by atoms with Gasteiger partial charge in [0, 0.05) is 17.3 Å². The van der Waals surface area contributed by atoms with Crippen LogP contribution in [0.25, 0.3) is 0 Å². The van der Waals surface area contributed by atoms with Crippen LogP contribution in [0, 0.1) is 25.7 Å². The van der Waals surface area contributed by atoms with Gasteiger partial charge >= 0.3 is 0 Å². The average molecular weight is 266 g/mol. The fourth-order valence-corrected chi connectivity index (χ4v) is 4.22. The summed E-state index contributed by atoms with van der Waals surface area (Å²) in [5.41, 5.74) is 1.21. The van der Waals surface area contributed by atoms with Gasteiger partial charge in [0.15, 0.2) is 0 Å². The minimum Gasteiger partial charge on any atom is -0.314 e. The van der Waals surface area contributed by atoms with E-state index in [-0.39, 0.29) is 0 Å². The van der Waals surface area contributed by atoms with Crippen molar-refractivity contribution in [3.63, 3.8) is 0 Å². The normalized spacial score (nSPS) is 25.6. The molecule has 1 fully saturated rings. The smallest absolute Gasteiger partial charge is 0.0946 e. The molecule has 0 radical (unpaired) electrons. The molecule has 1 N–H and O–H groups in total. The van der Waals surface area contributed by atoms with Crippen molar-refractivity contribution < 1.29 is 0 Å². The molecule has 0 bridgehead atoms. The summed E-state index contributed by atoms with van der Waals surface area (Å²) in [5.74, 6) is 1.71. The molecule has 1 aromatic rings. The van der Waals surface area contributed by atoms with Crippen LogP contribution in [0.5, 0.6) is 0 Å². The maximum absolute atomic E-state index is 4.71. The van der Waals surface area contributed by atoms with Crippen molar-refractivity contribution >= 4 is 11.3 Å². The van der Waals surface area contributed by atoms with E-state index in [2.05, 4.69) is 33.0 Å². The number of rotatable bonds is 5. The number of nitrogens with one attached hydrogen (secondary N) is 1. The molecular formula is C15H26N2S. The average Bonchev–Trinajstić information content (AvgIpc) is 2.86. The highest BCUT2D eigenvalue weighted by Gasteiger charge is 2.31. The van der Waals surface area contributed by atoms with Gasteiger partial charge < -0.3 is 5.32 Å². The Hall–Kier alpha value is -0.410. The lowest BCUT2D eigenvalue weighted by atomic mass is 9.88. The Balaban J connectivity index is 2.05. The molecule has 1 heterocycles. The van der Waals surface area contributed by atoms with Crippen molar-refractivity contribution in [1.82, 2.24) is 10.3 Å². The number of hydrogen-bond acceptors (Lipinski definition) is 3. The lowest BCUT2D eigenvalue weighted by molar-refractivity contribution is 0.298. The molecule has 1 aliphatic rings. The van der Waals surface area contributed by atoms with Gasteiger partial charge in [-0.15, -0.1) is 11.3 Å². The first-order chi connectivity index (χ1) is 8.61. The summed E-state index contributed by atoms with van der Waals surface area (Å²) in [7, 11) is 0. The fourth-order valence-electron chi connectivity index (χ4n) is 3.22. The molecule has 3 atom stereocenters. The topological polar surface area (TPSA) is 24.9 Å². The SMILES string of the molecule is CCNC(Cc1nc(C)c(C)s1)C1CCCC1C. The van der Waals surface area contributed by atoms with Crippen molar-refractivity contribution in [2.45, 2.75) is 59.4 Å². The van der Waals surface area contributed by atoms with E-state index in [9.17, 15) is 0 Å². The van der Waals surface area contributed by atoms with Crippen LogP contribution in [-0.2, 0) is 6.42 Å². The summed E-state index contributed by atoms with van der Waals surface area (Å²) < 4.78 is 0. The van der Waals surface area contributed by atoms with Gasteiger partial charge in [0.05, 0.1) is 10.7 Å². The van der Waals surface area contributed by atoms with Crippen molar-refractivity contribution in [3.8, 4) is 0 Å². The Morgan fingerprint density at radius 3 is 2.67 bits per heavy atom. The van der Waals surface area contributed by atoms with Crippen LogP contribution in [0.3, 0.4) is 0 Å². The molecule has 1 saturated carbocycles. The van der Waals surface area contributed by atoms with E-state index in [0.29, 0.717) is 6.04 Å². The number of thiazole rings is 1. The predicted octanol–water partition coefficient (Wildman–Crippen LogP) is 3.72. The van der Waals surface area contributed by atoms with Gasteiger partial charge in [-0.25, -0.2) is 4.98 Å². The summed E-state index contributed by atoms with van der Waals surface area (Å²) in [6.45, 7) is 10.00. The molecule has 3 heteroatoms. The second-order valence-corrected chi connectivity index (χ2v) is 6.98. The van der Waals surface area contributed by atoms with Crippen LogP contribution in [-0.4, -0.2) is 17.6 Å².